The summed E-state index contributed by atoms with van der Waals surface area (Å²) in [5, 5.41) is 0. The normalized spacial score (nSPS) is 11.9. The largest absolute Gasteiger partial charge is 0.378 e. The maximum atomic E-state index is 13.0. The first-order chi connectivity index (χ1) is 12.7. The van der Waals surface area contributed by atoms with Crippen LogP contribution in [0.25, 0.3) is 0 Å². The van der Waals surface area contributed by atoms with Crippen molar-refractivity contribution < 1.29 is 30.7 Å². The summed E-state index contributed by atoms with van der Waals surface area (Å²) in [6.07, 6.45) is 0. The second kappa shape index (κ2) is 7.51. The Morgan fingerprint density at radius 3 is 1.29 bits per heavy atom. The van der Waals surface area contributed by atoms with Gasteiger partial charge in [0.25, 0.3) is 20.2 Å². The third-order valence-corrected chi connectivity index (χ3v) is 5.80. The summed E-state index contributed by atoms with van der Waals surface area (Å²) >= 11 is 0. The zero-order valence-electron chi connectivity index (χ0n) is 15.6. The summed E-state index contributed by atoms with van der Waals surface area (Å²) in [5.41, 5.74) is -0.0320. The van der Waals surface area contributed by atoms with Gasteiger partial charge in [0.05, 0.1) is 0 Å². The van der Waals surface area contributed by atoms with Gasteiger partial charge in [-0.05, 0) is 36.4 Å². The fraction of sp³-hybridized carbons (Fsp3) is 0.235. The van der Waals surface area contributed by atoms with Gasteiger partial charge in [-0.15, -0.1) is 0 Å². The lowest BCUT2D eigenvalue weighted by Crippen LogP contribution is -2.16. The highest BCUT2D eigenvalue weighted by Gasteiger charge is 2.27. The zero-order chi connectivity index (χ0) is 21.4. The molecule has 0 aromatic heterocycles. The second-order valence-electron chi connectivity index (χ2n) is 6.43. The number of rotatable bonds is 6. The van der Waals surface area contributed by atoms with E-state index in [2.05, 4.69) is 0 Å². The Balaban J connectivity index is 2.77. The van der Waals surface area contributed by atoms with E-state index in [1.54, 1.807) is 38.0 Å². The standard InChI is InChI=1S/C17H20N2O7S2/c1-18(2)11-5-7-13(15(9-11)27(21,22)23)17(20)14-8-6-12(19(3)4)10-16(14)28(24,25)26/h5-10H,1-4H3,(H,21,22,23)(H,24,25,26). The summed E-state index contributed by atoms with van der Waals surface area (Å²) in [6, 6.07) is 7.45. The molecule has 0 radical (unpaired) electrons. The summed E-state index contributed by atoms with van der Waals surface area (Å²) in [7, 11) is -3.00. The Bertz CT molecular complexity index is 1050. The third kappa shape index (κ3) is 4.50. The lowest BCUT2D eigenvalue weighted by Gasteiger charge is -2.17. The molecule has 0 aliphatic carbocycles. The van der Waals surface area contributed by atoms with Crippen LogP contribution in [0.15, 0.2) is 46.2 Å². The molecule has 2 N–H and O–H groups in total. The van der Waals surface area contributed by atoms with Crippen molar-refractivity contribution in [2.45, 2.75) is 9.79 Å². The van der Waals surface area contributed by atoms with E-state index in [0.29, 0.717) is 11.4 Å². The van der Waals surface area contributed by atoms with Gasteiger partial charge in [0.1, 0.15) is 9.79 Å². The average Bonchev–Trinajstić information content (AvgIpc) is 2.58. The molecule has 2 aromatic rings. The van der Waals surface area contributed by atoms with Crippen LogP contribution in [0, 0.1) is 0 Å². The van der Waals surface area contributed by atoms with Crippen LogP contribution in [0.4, 0.5) is 11.4 Å². The highest BCUT2D eigenvalue weighted by Crippen LogP contribution is 2.29. The second-order valence-corrected chi connectivity index (χ2v) is 9.21. The molecule has 0 amide bonds. The van der Waals surface area contributed by atoms with Crippen molar-refractivity contribution in [2.75, 3.05) is 38.0 Å². The molecular formula is C17H20N2O7S2. The van der Waals surface area contributed by atoms with Gasteiger partial charge in [-0.25, -0.2) is 0 Å². The molecule has 0 spiro atoms. The number of carbonyl (C=O) groups excluding carboxylic acids is 1. The molecule has 0 fully saturated rings. The van der Waals surface area contributed by atoms with Crippen LogP contribution in [0.1, 0.15) is 15.9 Å². The van der Waals surface area contributed by atoms with Gasteiger partial charge >= 0.3 is 0 Å². The van der Waals surface area contributed by atoms with Gasteiger partial charge in [-0.3, -0.25) is 13.9 Å². The van der Waals surface area contributed by atoms with Crippen molar-refractivity contribution in [3.05, 3.63) is 47.5 Å². The number of nitrogens with zero attached hydrogens (tertiary/aromatic N) is 2. The van der Waals surface area contributed by atoms with E-state index in [0.717, 1.165) is 12.1 Å². The predicted molar refractivity (Wildman–Crippen MR) is 105 cm³/mol. The van der Waals surface area contributed by atoms with E-state index < -0.39 is 46.9 Å². The molecule has 152 valence electrons. The fourth-order valence-electron chi connectivity index (χ4n) is 2.53. The summed E-state index contributed by atoms with van der Waals surface area (Å²) in [5.74, 6) is -0.976. The molecular weight excluding hydrogens is 408 g/mol. The van der Waals surface area contributed by atoms with Gasteiger partial charge in [0, 0.05) is 50.7 Å². The monoisotopic (exact) mass is 428 g/mol. The van der Waals surface area contributed by atoms with E-state index in [1.807, 2.05) is 0 Å². The minimum Gasteiger partial charge on any atom is -0.378 e. The van der Waals surface area contributed by atoms with Crippen molar-refractivity contribution in [2.24, 2.45) is 0 Å². The molecule has 0 aliphatic rings. The predicted octanol–water partition coefficient (Wildman–Crippen LogP) is 1.54. The Morgan fingerprint density at radius 2 is 1.04 bits per heavy atom. The molecule has 0 heterocycles. The first-order valence-electron chi connectivity index (χ1n) is 7.86. The Kier molecular flexibility index (Phi) is 5.85. The lowest BCUT2D eigenvalue weighted by molar-refractivity contribution is 0.103. The van der Waals surface area contributed by atoms with Crippen LogP contribution in [0.3, 0.4) is 0 Å². The summed E-state index contributed by atoms with van der Waals surface area (Å²) < 4.78 is 66.3. The van der Waals surface area contributed by atoms with E-state index in [9.17, 15) is 30.7 Å². The molecule has 0 bridgehead atoms. The molecule has 2 aromatic carbocycles. The van der Waals surface area contributed by atoms with Crippen LogP contribution in [0.2, 0.25) is 0 Å². The van der Waals surface area contributed by atoms with Gasteiger partial charge in [-0.2, -0.15) is 16.8 Å². The Labute approximate surface area is 163 Å². The van der Waals surface area contributed by atoms with Crippen LogP contribution in [-0.4, -0.2) is 59.9 Å². The number of benzene rings is 2. The zero-order valence-corrected chi connectivity index (χ0v) is 17.2. The molecule has 0 saturated heterocycles. The Morgan fingerprint density at radius 1 is 0.714 bits per heavy atom. The molecule has 0 aliphatic heterocycles. The fourth-order valence-corrected chi connectivity index (χ4v) is 3.94. The minimum absolute atomic E-state index is 0.405. The van der Waals surface area contributed by atoms with Crippen LogP contribution < -0.4 is 9.80 Å². The van der Waals surface area contributed by atoms with Gasteiger partial charge < -0.3 is 9.80 Å². The molecule has 2 rings (SSSR count). The maximum Gasteiger partial charge on any atom is 0.295 e. The van der Waals surface area contributed by atoms with Crippen molar-refractivity contribution in [1.29, 1.82) is 0 Å². The molecule has 28 heavy (non-hydrogen) atoms. The van der Waals surface area contributed by atoms with Crippen molar-refractivity contribution in [3.63, 3.8) is 0 Å². The average molecular weight is 428 g/mol. The topological polar surface area (TPSA) is 132 Å². The molecule has 0 unspecified atom stereocenters. The lowest BCUT2D eigenvalue weighted by atomic mass is 10.0. The van der Waals surface area contributed by atoms with E-state index in [-0.39, 0.29) is 0 Å². The molecule has 0 saturated carbocycles. The van der Waals surface area contributed by atoms with E-state index >= 15 is 0 Å². The highest BCUT2D eigenvalue weighted by atomic mass is 32.2. The minimum atomic E-state index is -4.78. The van der Waals surface area contributed by atoms with Crippen molar-refractivity contribution in [3.8, 4) is 0 Å². The molecule has 0 atom stereocenters. The summed E-state index contributed by atoms with van der Waals surface area (Å²) in [4.78, 5) is 14.8. The van der Waals surface area contributed by atoms with E-state index in [4.69, 9.17) is 0 Å². The maximum absolute atomic E-state index is 13.0. The number of hydrogen-bond donors (Lipinski definition) is 2. The van der Waals surface area contributed by atoms with Crippen LogP contribution in [0.5, 0.6) is 0 Å². The third-order valence-electron chi connectivity index (χ3n) is 4.01. The van der Waals surface area contributed by atoms with E-state index in [1.165, 1.54) is 24.3 Å². The first-order valence-corrected chi connectivity index (χ1v) is 10.7. The number of hydrogen-bond acceptors (Lipinski definition) is 7. The van der Waals surface area contributed by atoms with Crippen LogP contribution >= 0.6 is 0 Å². The SMILES string of the molecule is CN(C)c1ccc(C(=O)c2ccc(N(C)C)cc2S(=O)(=O)O)c(S(=O)(=O)O)c1. The molecule has 9 nitrogen and oxygen atoms in total. The van der Waals surface area contributed by atoms with Gasteiger partial charge in [0.15, 0.2) is 5.78 Å². The highest BCUT2D eigenvalue weighted by molar-refractivity contribution is 7.86. The number of ketones is 1. The van der Waals surface area contributed by atoms with Crippen LogP contribution in [-0.2, 0) is 20.2 Å². The quantitative estimate of drug-likeness (QED) is 0.519. The van der Waals surface area contributed by atoms with Crippen molar-refractivity contribution >= 4 is 37.4 Å². The smallest absolute Gasteiger partial charge is 0.295 e. The van der Waals surface area contributed by atoms with Crippen molar-refractivity contribution in [1.82, 2.24) is 0 Å². The van der Waals surface area contributed by atoms with Gasteiger partial charge in [0.2, 0.25) is 0 Å². The van der Waals surface area contributed by atoms with Gasteiger partial charge in [-0.1, -0.05) is 0 Å². The Hall–Kier alpha value is -2.47. The number of carbonyl (C=O) groups is 1. The summed E-state index contributed by atoms with van der Waals surface area (Å²) in [6.45, 7) is 0. The molecule has 11 heteroatoms. The first kappa shape index (κ1) is 21.8. The number of anilines is 2.